The summed E-state index contributed by atoms with van der Waals surface area (Å²) in [7, 11) is 0. The molecule has 23 heavy (non-hydrogen) atoms. The third kappa shape index (κ3) is 3.43. The molecule has 4 heteroatoms. The molecule has 0 N–H and O–H groups in total. The van der Waals surface area contributed by atoms with Crippen LogP contribution in [0.15, 0.2) is 72.8 Å². The maximum absolute atomic E-state index is 13.2. The van der Waals surface area contributed by atoms with Crippen molar-refractivity contribution in [2.75, 3.05) is 0 Å². The predicted molar refractivity (Wildman–Crippen MR) is 82.7 cm³/mol. The number of carbonyl (C=O) groups excluding carboxylic acids is 1. The lowest BCUT2D eigenvalue weighted by Gasteiger charge is -2.06. The Hall–Kier alpha value is -3.01. The maximum Gasteiger partial charge on any atom is 0.193 e. The van der Waals surface area contributed by atoms with Gasteiger partial charge in [0.25, 0.3) is 0 Å². The molecule has 0 atom stereocenters. The molecule has 0 aromatic heterocycles. The first-order chi connectivity index (χ1) is 11.1. The van der Waals surface area contributed by atoms with Gasteiger partial charge in [-0.3, -0.25) is 4.79 Å². The highest BCUT2D eigenvalue weighted by atomic mass is 19.2. The average Bonchev–Trinajstić information content (AvgIpc) is 2.58. The van der Waals surface area contributed by atoms with Crippen LogP contribution in [0.1, 0.15) is 15.9 Å². The first-order valence-corrected chi connectivity index (χ1v) is 6.96. The van der Waals surface area contributed by atoms with Crippen molar-refractivity contribution in [1.29, 1.82) is 0 Å². The van der Waals surface area contributed by atoms with Gasteiger partial charge in [0.05, 0.1) is 0 Å². The fourth-order valence-corrected chi connectivity index (χ4v) is 2.10. The Labute approximate surface area is 132 Å². The summed E-state index contributed by atoms with van der Waals surface area (Å²) in [6.07, 6.45) is 0. The molecule has 0 saturated heterocycles. The van der Waals surface area contributed by atoms with E-state index < -0.39 is 11.6 Å². The largest absolute Gasteiger partial charge is 0.457 e. The normalized spacial score (nSPS) is 10.3. The summed E-state index contributed by atoms with van der Waals surface area (Å²) in [5.41, 5.74) is 0.469. The van der Waals surface area contributed by atoms with Crippen molar-refractivity contribution in [3.05, 3.63) is 95.6 Å². The van der Waals surface area contributed by atoms with Gasteiger partial charge >= 0.3 is 0 Å². The molecule has 0 aliphatic carbocycles. The second kappa shape index (κ2) is 6.40. The summed E-state index contributed by atoms with van der Waals surface area (Å²) in [6, 6.07) is 18.8. The summed E-state index contributed by atoms with van der Waals surface area (Å²) in [5, 5.41) is 0. The first kappa shape index (κ1) is 14.9. The molecule has 3 aromatic carbocycles. The van der Waals surface area contributed by atoms with E-state index in [4.69, 9.17) is 4.74 Å². The third-order valence-electron chi connectivity index (χ3n) is 3.28. The minimum Gasteiger partial charge on any atom is -0.457 e. The Morgan fingerprint density at radius 1 is 0.696 bits per heavy atom. The SMILES string of the molecule is O=C(c1ccc(Oc2ccccc2)cc1)c1ccc(F)c(F)c1. The molecule has 0 bridgehead atoms. The number of hydrogen-bond donors (Lipinski definition) is 0. The van der Waals surface area contributed by atoms with Gasteiger partial charge in [-0.05, 0) is 54.6 Å². The highest BCUT2D eigenvalue weighted by Gasteiger charge is 2.12. The molecule has 3 aromatic rings. The van der Waals surface area contributed by atoms with E-state index in [1.54, 1.807) is 24.3 Å². The van der Waals surface area contributed by atoms with Crippen LogP contribution in [-0.4, -0.2) is 5.78 Å². The van der Waals surface area contributed by atoms with E-state index >= 15 is 0 Å². The maximum atomic E-state index is 13.2. The molecule has 0 aliphatic heterocycles. The van der Waals surface area contributed by atoms with Gasteiger partial charge in [0.2, 0.25) is 0 Å². The van der Waals surface area contributed by atoms with Crippen LogP contribution in [0.4, 0.5) is 8.78 Å². The number of para-hydroxylation sites is 1. The van der Waals surface area contributed by atoms with E-state index in [1.807, 2.05) is 30.3 Å². The van der Waals surface area contributed by atoms with E-state index in [0.29, 0.717) is 17.1 Å². The molecule has 0 heterocycles. The van der Waals surface area contributed by atoms with Crippen molar-refractivity contribution in [2.45, 2.75) is 0 Å². The fraction of sp³-hybridized carbons (Fsp3) is 0. The lowest BCUT2D eigenvalue weighted by Crippen LogP contribution is -2.02. The Balaban J connectivity index is 1.78. The van der Waals surface area contributed by atoms with E-state index in [2.05, 4.69) is 0 Å². The standard InChI is InChI=1S/C19H12F2O2/c20-17-11-8-14(12-18(17)21)19(22)13-6-9-16(10-7-13)23-15-4-2-1-3-5-15/h1-12H. The van der Waals surface area contributed by atoms with Crippen LogP contribution < -0.4 is 4.74 Å². The number of rotatable bonds is 4. The number of carbonyl (C=O) groups is 1. The van der Waals surface area contributed by atoms with E-state index in [1.165, 1.54) is 6.07 Å². The zero-order valence-corrected chi connectivity index (χ0v) is 12.0. The molecule has 0 spiro atoms. The van der Waals surface area contributed by atoms with Crippen molar-refractivity contribution >= 4 is 5.78 Å². The van der Waals surface area contributed by atoms with Gasteiger partial charge in [0, 0.05) is 11.1 Å². The average molecular weight is 310 g/mol. The molecule has 0 amide bonds. The van der Waals surface area contributed by atoms with Crippen LogP contribution in [0.5, 0.6) is 11.5 Å². The van der Waals surface area contributed by atoms with E-state index in [9.17, 15) is 13.6 Å². The van der Waals surface area contributed by atoms with Crippen molar-refractivity contribution in [3.8, 4) is 11.5 Å². The summed E-state index contributed by atoms with van der Waals surface area (Å²) >= 11 is 0. The Bertz CT molecular complexity index is 828. The highest BCUT2D eigenvalue weighted by molar-refractivity contribution is 6.09. The van der Waals surface area contributed by atoms with Crippen molar-refractivity contribution in [3.63, 3.8) is 0 Å². The minimum absolute atomic E-state index is 0.0978. The summed E-state index contributed by atoms with van der Waals surface area (Å²) < 4.78 is 31.8. The second-order valence-electron chi connectivity index (χ2n) is 4.90. The van der Waals surface area contributed by atoms with Gasteiger partial charge in [-0.1, -0.05) is 18.2 Å². The van der Waals surface area contributed by atoms with Gasteiger partial charge in [0.1, 0.15) is 11.5 Å². The molecule has 0 unspecified atom stereocenters. The summed E-state index contributed by atoms with van der Waals surface area (Å²) in [4.78, 5) is 12.2. The lowest BCUT2D eigenvalue weighted by molar-refractivity contribution is 0.103. The van der Waals surface area contributed by atoms with Gasteiger partial charge in [-0.25, -0.2) is 8.78 Å². The number of halogens is 2. The van der Waals surface area contributed by atoms with Crippen LogP contribution in [0, 0.1) is 11.6 Å². The topological polar surface area (TPSA) is 26.3 Å². The van der Waals surface area contributed by atoms with E-state index in [-0.39, 0.29) is 11.3 Å². The monoisotopic (exact) mass is 310 g/mol. The van der Waals surface area contributed by atoms with Crippen LogP contribution >= 0.6 is 0 Å². The highest BCUT2D eigenvalue weighted by Crippen LogP contribution is 2.22. The molecule has 3 rings (SSSR count). The molecule has 0 fully saturated rings. The quantitative estimate of drug-likeness (QED) is 0.635. The van der Waals surface area contributed by atoms with Crippen molar-refractivity contribution in [1.82, 2.24) is 0 Å². The second-order valence-corrected chi connectivity index (χ2v) is 4.90. The number of hydrogen-bond acceptors (Lipinski definition) is 2. The zero-order chi connectivity index (χ0) is 16.2. The summed E-state index contributed by atoms with van der Waals surface area (Å²) in [5.74, 6) is -1.13. The van der Waals surface area contributed by atoms with Gasteiger partial charge in [0.15, 0.2) is 17.4 Å². The number of ketones is 1. The van der Waals surface area contributed by atoms with Gasteiger partial charge < -0.3 is 4.74 Å². The van der Waals surface area contributed by atoms with Crippen molar-refractivity contribution < 1.29 is 18.3 Å². The first-order valence-electron chi connectivity index (χ1n) is 6.96. The van der Waals surface area contributed by atoms with Gasteiger partial charge in [-0.15, -0.1) is 0 Å². The molecular formula is C19H12F2O2. The molecule has 0 saturated carbocycles. The number of ether oxygens (including phenoxy) is 1. The van der Waals surface area contributed by atoms with Crippen LogP contribution in [0.3, 0.4) is 0 Å². The third-order valence-corrected chi connectivity index (χ3v) is 3.28. The lowest BCUT2D eigenvalue weighted by atomic mass is 10.0. The van der Waals surface area contributed by atoms with Crippen LogP contribution in [-0.2, 0) is 0 Å². The fourth-order valence-electron chi connectivity index (χ4n) is 2.10. The zero-order valence-electron chi connectivity index (χ0n) is 12.0. The van der Waals surface area contributed by atoms with E-state index in [0.717, 1.165) is 12.1 Å². The Morgan fingerprint density at radius 3 is 1.96 bits per heavy atom. The Kier molecular flexibility index (Phi) is 4.15. The summed E-state index contributed by atoms with van der Waals surface area (Å²) in [6.45, 7) is 0. The molecule has 114 valence electrons. The molecular weight excluding hydrogens is 298 g/mol. The number of benzene rings is 3. The Morgan fingerprint density at radius 2 is 1.30 bits per heavy atom. The molecule has 0 radical (unpaired) electrons. The minimum atomic E-state index is -1.04. The van der Waals surface area contributed by atoms with Crippen LogP contribution in [0.2, 0.25) is 0 Å². The van der Waals surface area contributed by atoms with Gasteiger partial charge in [-0.2, -0.15) is 0 Å². The molecule has 2 nitrogen and oxygen atoms in total. The van der Waals surface area contributed by atoms with Crippen LogP contribution in [0.25, 0.3) is 0 Å². The van der Waals surface area contributed by atoms with Crippen molar-refractivity contribution in [2.24, 2.45) is 0 Å². The smallest absolute Gasteiger partial charge is 0.193 e. The predicted octanol–water partition coefficient (Wildman–Crippen LogP) is 4.99. The molecule has 0 aliphatic rings.